The van der Waals surface area contributed by atoms with Crippen LogP contribution in [0.3, 0.4) is 0 Å². The Morgan fingerprint density at radius 1 is 1.37 bits per heavy atom. The first-order valence-corrected chi connectivity index (χ1v) is 8.24. The zero-order valence-corrected chi connectivity index (χ0v) is 13.3. The van der Waals surface area contributed by atoms with Crippen LogP contribution in [0.5, 0.6) is 0 Å². The van der Waals surface area contributed by atoms with Crippen molar-refractivity contribution in [3.05, 3.63) is 10.2 Å². The minimum Gasteiger partial charge on any atom is -0.369 e. The molecule has 0 aromatic carbocycles. The van der Waals surface area contributed by atoms with Gasteiger partial charge >= 0.3 is 0 Å². The lowest BCUT2D eigenvalue weighted by atomic mass is 9.95. The van der Waals surface area contributed by atoms with Gasteiger partial charge in [-0.05, 0) is 54.2 Å². The quantitative estimate of drug-likeness (QED) is 0.877. The molecule has 2 N–H and O–H groups in total. The molecule has 0 amide bonds. The van der Waals surface area contributed by atoms with Crippen LogP contribution in [0.25, 0.3) is 0 Å². The van der Waals surface area contributed by atoms with Crippen molar-refractivity contribution in [3.8, 4) is 0 Å². The molecule has 2 aliphatic rings. The van der Waals surface area contributed by atoms with Crippen molar-refractivity contribution < 1.29 is 0 Å². The molecule has 0 radical (unpaired) electrons. The molecule has 3 rings (SSSR count). The number of nitrogens with one attached hydrogen (secondary N) is 2. The molecule has 0 saturated carbocycles. The van der Waals surface area contributed by atoms with Crippen LogP contribution in [0.15, 0.2) is 4.47 Å². The molecule has 1 saturated heterocycles. The van der Waals surface area contributed by atoms with Crippen molar-refractivity contribution in [2.75, 3.05) is 25.0 Å². The maximum Gasteiger partial charge on any atom is 0.139 e. The number of rotatable bonds is 2. The molecule has 106 valence electrons. The average molecular weight is 327 g/mol. The van der Waals surface area contributed by atoms with Gasteiger partial charge in [-0.3, -0.25) is 0 Å². The molecule has 2 aliphatic heterocycles. The highest BCUT2D eigenvalue weighted by atomic mass is 79.9. The van der Waals surface area contributed by atoms with Gasteiger partial charge in [-0.15, -0.1) is 0 Å². The van der Waals surface area contributed by atoms with E-state index in [0.717, 1.165) is 26.1 Å². The standard InChI is InChI=1S/C14H23BrN4/c1-3-11-9(2)8-17-14-12(15)13(18-19(11)14)10-4-6-16-7-5-10/h9-11,16-17H,3-8H2,1-2H3. The van der Waals surface area contributed by atoms with Crippen LogP contribution in [-0.2, 0) is 0 Å². The first kappa shape index (κ1) is 13.4. The van der Waals surface area contributed by atoms with Gasteiger partial charge in [-0.1, -0.05) is 13.8 Å². The summed E-state index contributed by atoms with van der Waals surface area (Å²) in [6, 6.07) is 0.531. The fourth-order valence-corrected chi connectivity index (χ4v) is 4.12. The molecule has 0 bridgehead atoms. The van der Waals surface area contributed by atoms with E-state index in [4.69, 9.17) is 5.10 Å². The molecule has 2 unspecified atom stereocenters. The van der Waals surface area contributed by atoms with E-state index in [9.17, 15) is 0 Å². The Morgan fingerprint density at radius 3 is 2.79 bits per heavy atom. The van der Waals surface area contributed by atoms with E-state index in [1.165, 1.54) is 28.8 Å². The normalized spacial score (nSPS) is 27.9. The number of piperidine rings is 1. The number of nitrogens with zero attached hydrogens (tertiary/aromatic N) is 2. The number of aromatic nitrogens is 2. The van der Waals surface area contributed by atoms with E-state index < -0.39 is 0 Å². The van der Waals surface area contributed by atoms with E-state index in [1.54, 1.807) is 0 Å². The first-order valence-electron chi connectivity index (χ1n) is 7.44. The van der Waals surface area contributed by atoms with Crippen LogP contribution in [0.4, 0.5) is 5.82 Å². The van der Waals surface area contributed by atoms with E-state index >= 15 is 0 Å². The maximum absolute atomic E-state index is 4.96. The lowest BCUT2D eigenvalue weighted by Crippen LogP contribution is -2.31. The lowest BCUT2D eigenvalue weighted by molar-refractivity contribution is 0.309. The molecule has 2 atom stereocenters. The second kappa shape index (κ2) is 5.44. The molecular formula is C14H23BrN4. The minimum atomic E-state index is 0.531. The number of hydrogen-bond donors (Lipinski definition) is 2. The predicted molar refractivity (Wildman–Crippen MR) is 81.8 cm³/mol. The Hall–Kier alpha value is -0.550. The van der Waals surface area contributed by atoms with Crippen LogP contribution in [-0.4, -0.2) is 29.4 Å². The fourth-order valence-electron chi connectivity index (χ4n) is 3.40. The molecule has 3 heterocycles. The summed E-state index contributed by atoms with van der Waals surface area (Å²) in [5.41, 5.74) is 1.26. The van der Waals surface area contributed by atoms with Gasteiger partial charge < -0.3 is 10.6 Å². The summed E-state index contributed by atoms with van der Waals surface area (Å²) < 4.78 is 3.43. The summed E-state index contributed by atoms with van der Waals surface area (Å²) in [6.07, 6.45) is 3.54. The van der Waals surface area contributed by atoms with Crippen molar-refractivity contribution in [2.24, 2.45) is 5.92 Å². The number of hydrogen-bond acceptors (Lipinski definition) is 3. The summed E-state index contributed by atoms with van der Waals surface area (Å²) in [5, 5.41) is 11.9. The van der Waals surface area contributed by atoms with Crippen LogP contribution >= 0.6 is 15.9 Å². The highest BCUT2D eigenvalue weighted by molar-refractivity contribution is 9.10. The first-order chi connectivity index (χ1) is 9.22. The predicted octanol–water partition coefficient (Wildman–Crippen LogP) is 3.13. The molecule has 0 aliphatic carbocycles. The highest BCUT2D eigenvalue weighted by Crippen LogP contribution is 2.40. The smallest absolute Gasteiger partial charge is 0.139 e. The molecule has 1 aromatic rings. The van der Waals surface area contributed by atoms with Gasteiger partial charge in [0.1, 0.15) is 5.82 Å². The van der Waals surface area contributed by atoms with Crippen LogP contribution in [0, 0.1) is 5.92 Å². The van der Waals surface area contributed by atoms with E-state index in [0.29, 0.717) is 17.9 Å². The van der Waals surface area contributed by atoms with Gasteiger partial charge in [-0.25, -0.2) is 4.68 Å². The third-order valence-electron chi connectivity index (χ3n) is 4.58. The van der Waals surface area contributed by atoms with E-state index in [2.05, 4.69) is 45.1 Å². The third-order valence-corrected chi connectivity index (χ3v) is 5.37. The number of anilines is 1. The molecule has 0 spiro atoms. The Morgan fingerprint density at radius 2 is 2.11 bits per heavy atom. The third kappa shape index (κ3) is 2.31. The number of fused-ring (bicyclic) bond motifs is 1. The van der Waals surface area contributed by atoms with Crippen LogP contribution in [0.1, 0.15) is 50.8 Å². The minimum absolute atomic E-state index is 0.531. The monoisotopic (exact) mass is 326 g/mol. The van der Waals surface area contributed by atoms with Gasteiger partial charge in [0, 0.05) is 12.5 Å². The van der Waals surface area contributed by atoms with Gasteiger partial charge in [0.25, 0.3) is 0 Å². The van der Waals surface area contributed by atoms with Gasteiger partial charge in [-0.2, -0.15) is 5.10 Å². The zero-order valence-electron chi connectivity index (χ0n) is 11.7. The van der Waals surface area contributed by atoms with Gasteiger partial charge in [0.2, 0.25) is 0 Å². The second-order valence-corrected chi connectivity index (χ2v) is 6.64. The summed E-state index contributed by atoms with van der Waals surface area (Å²) in [7, 11) is 0. The Balaban J connectivity index is 1.95. The Labute approximate surface area is 123 Å². The molecule has 19 heavy (non-hydrogen) atoms. The summed E-state index contributed by atoms with van der Waals surface area (Å²) >= 11 is 3.78. The maximum atomic E-state index is 4.96. The van der Waals surface area contributed by atoms with Crippen molar-refractivity contribution in [2.45, 2.75) is 45.1 Å². The largest absolute Gasteiger partial charge is 0.369 e. The summed E-state index contributed by atoms with van der Waals surface area (Å²) in [5.74, 6) is 2.44. The summed E-state index contributed by atoms with van der Waals surface area (Å²) in [6.45, 7) is 7.84. The number of halogens is 1. The van der Waals surface area contributed by atoms with Crippen molar-refractivity contribution in [3.63, 3.8) is 0 Å². The molecular weight excluding hydrogens is 304 g/mol. The fraction of sp³-hybridized carbons (Fsp3) is 0.786. The molecule has 4 nitrogen and oxygen atoms in total. The Kier molecular flexibility index (Phi) is 3.85. The van der Waals surface area contributed by atoms with E-state index in [-0.39, 0.29) is 0 Å². The van der Waals surface area contributed by atoms with Crippen molar-refractivity contribution >= 4 is 21.7 Å². The molecule has 1 aromatic heterocycles. The highest BCUT2D eigenvalue weighted by Gasteiger charge is 2.31. The van der Waals surface area contributed by atoms with Crippen molar-refractivity contribution in [1.29, 1.82) is 0 Å². The van der Waals surface area contributed by atoms with Gasteiger partial charge in [0.15, 0.2) is 0 Å². The SMILES string of the molecule is CCC1C(C)CNc2c(Br)c(C3CCNCC3)nn21. The average Bonchev–Trinajstić information content (AvgIpc) is 2.77. The molecule has 5 heteroatoms. The van der Waals surface area contributed by atoms with Crippen LogP contribution in [0.2, 0.25) is 0 Å². The lowest BCUT2D eigenvalue weighted by Gasteiger charge is -2.30. The Bertz CT molecular complexity index is 451. The van der Waals surface area contributed by atoms with Gasteiger partial charge in [0.05, 0.1) is 16.2 Å². The summed E-state index contributed by atoms with van der Waals surface area (Å²) in [4.78, 5) is 0. The molecule has 1 fully saturated rings. The van der Waals surface area contributed by atoms with E-state index in [1.807, 2.05) is 0 Å². The zero-order chi connectivity index (χ0) is 13.4. The van der Waals surface area contributed by atoms with Crippen LogP contribution < -0.4 is 10.6 Å². The van der Waals surface area contributed by atoms with Crippen molar-refractivity contribution in [1.82, 2.24) is 15.1 Å². The second-order valence-electron chi connectivity index (χ2n) is 5.85. The topological polar surface area (TPSA) is 41.9 Å².